The van der Waals surface area contributed by atoms with Crippen molar-refractivity contribution in [2.45, 2.75) is 46.1 Å². The minimum atomic E-state index is 0.0668. The van der Waals surface area contributed by atoms with Crippen LogP contribution in [0, 0.1) is 10.8 Å². The number of aliphatic hydroxyl groups excluding tert-OH is 1. The molecule has 2 atom stereocenters. The molecule has 0 aromatic heterocycles. The van der Waals surface area contributed by atoms with Crippen LogP contribution in [0.3, 0.4) is 0 Å². The summed E-state index contributed by atoms with van der Waals surface area (Å²) < 4.78 is 5.60. The van der Waals surface area contributed by atoms with Gasteiger partial charge in [0, 0.05) is 36.2 Å². The summed E-state index contributed by atoms with van der Waals surface area (Å²) in [6.45, 7) is 9.42. The molecule has 0 aliphatic carbocycles. The summed E-state index contributed by atoms with van der Waals surface area (Å²) in [7, 11) is 0. The Bertz CT molecular complexity index is 475. The number of hydrogen-bond acceptors (Lipinski definition) is 3. The Labute approximate surface area is 145 Å². The Morgan fingerprint density at radius 2 is 2.00 bits per heavy atom. The number of aliphatic hydroxyl groups is 1. The molecule has 1 aromatic rings. The molecule has 0 spiro atoms. The summed E-state index contributed by atoms with van der Waals surface area (Å²) in [5, 5.41) is 13.9. The normalized spacial score (nSPS) is 23.2. The van der Waals surface area contributed by atoms with Gasteiger partial charge in [0.25, 0.3) is 0 Å². The zero-order valence-corrected chi connectivity index (χ0v) is 15.3. The molecular weight excluding hydrogens is 310 g/mol. The van der Waals surface area contributed by atoms with E-state index >= 15 is 0 Å². The lowest BCUT2D eigenvalue weighted by atomic mass is 9.82. The van der Waals surface area contributed by atoms with Crippen LogP contribution in [0.1, 0.15) is 51.6 Å². The van der Waals surface area contributed by atoms with Gasteiger partial charge in [-0.3, -0.25) is 0 Å². The van der Waals surface area contributed by atoms with Crippen molar-refractivity contribution < 1.29 is 9.84 Å². The summed E-state index contributed by atoms with van der Waals surface area (Å²) in [4.78, 5) is 0. The highest BCUT2D eigenvalue weighted by atomic mass is 35.5. The van der Waals surface area contributed by atoms with Crippen LogP contribution >= 0.6 is 11.6 Å². The molecular formula is C19H30ClNO2. The minimum absolute atomic E-state index is 0.0668. The maximum absolute atomic E-state index is 9.39. The molecule has 1 aromatic carbocycles. The average Bonchev–Trinajstić information content (AvgIpc) is 2.93. The van der Waals surface area contributed by atoms with E-state index in [1.807, 2.05) is 12.1 Å². The Balaban J connectivity index is 2.09. The Morgan fingerprint density at radius 3 is 2.52 bits per heavy atom. The van der Waals surface area contributed by atoms with Crippen molar-refractivity contribution >= 4 is 11.6 Å². The van der Waals surface area contributed by atoms with Crippen molar-refractivity contribution in [3.8, 4) is 0 Å². The molecule has 4 heteroatoms. The molecule has 130 valence electrons. The largest absolute Gasteiger partial charge is 0.396 e. The number of benzene rings is 1. The first kappa shape index (κ1) is 18.7. The third kappa shape index (κ3) is 5.75. The second kappa shape index (κ2) is 7.98. The highest BCUT2D eigenvalue weighted by Gasteiger charge is 2.35. The van der Waals surface area contributed by atoms with Crippen LogP contribution in [0.25, 0.3) is 0 Å². The predicted octanol–water partition coefficient (Wildman–Crippen LogP) is 4.20. The van der Waals surface area contributed by atoms with Gasteiger partial charge in [0.2, 0.25) is 0 Å². The highest BCUT2D eigenvalue weighted by molar-refractivity contribution is 6.30. The van der Waals surface area contributed by atoms with Crippen molar-refractivity contribution in [1.29, 1.82) is 0 Å². The molecule has 1 aliphatic rings. The van der Waals surface area contributed by atoms with E-state index < -0.39 is 0 Å². The van der Waals surface area contributed by atoms with E-state index in [0.29, 0.717) is 0 Å². The van der Waals surface area contributed by atoms with Crippen molar-refractivity contribution in [1.82, 2.24) is 5.32 Å². The van der Waals surface area contributed by atoms with Gasteiger partial charge in [-0.15, -0.1) is 0 Å². The number of hydrogen-bond donors (Lipinski definition) is 2. The summed E-state index contributed by atoms with van der Waals surface area (Å²) >= 11 is 6.03. The van der Waals surface area contributed by atoms with Gasteiger partial charge in [-0.2, -0.15) is 0 Å². The van der Waals surface area contributed by atoms with E-state index in [1.54, 1.807) is 0 Å². The SMILES string of the molecule is CC(C)(C)CC(NCC1(CCO)CCOC1)c1ccc(Cl)cc1. The first-order valence-corrected chi connectivity index (χ1v) is 8.89. The molecule has 1 saturated heterocycles. The lowest BCUT2D eigenvalue weighted by molar-refractivity contribution is 0.120. The molecule has 2 unspecified atom stereocenters. The predicted molar refractivity (Wildman–Crippen MR) is 95.8 cm³/mol. The number of nitrogens with one attached hydrogen (secondary N) is 1. The van der Waals surface area contributed by atoms with Gasteiger partial charge in [0.15, 0.2) is 0 Å². The molecule has 0 amide bonds. The molecule has 2 N–H and O–H groups in total. The molecule has 0 bridgehead atoms. The smallest absolute Gasteiger partial charge is 0.0536 e. The number of ether oxygens (including phenoxy) is 1. The summed E-state index contributed by atoms with van der Waals surface area (Å²) in [6, 6.07) is 8.40. The Morgan fingerprint density at radius 1 is 1.30 bits per heavy atom. The van der Waals surface area contributed by atoms with Gasteiger partial charge in [-0.05, 0) is 42.4 Å². The summed E-state index contributed by atoms with van der Waals surface area (Å²) in [6.07, 6.45) is 2.86. The third-order valence-corrected chi connectivity index (χ3v) is 4.89. The lowest BCUT2D eigenvalue weighted by Gasteiger charge is -2.33. The quantitative estimate of drug-likeness (QED) is 0.782. The maximum atomic E-state index is 9.39. The van der Waals surface area contributed by atoms with Crippen LogP contribution in [0.15, 0.2) is 24.3 Å². The van der Waals surface area contributed by atoms with Gasteiger partial charge in [0.1, 0.15) is 0 Å². The fourth-order valence-corrected chi connectivity index (χ4v) is 3.39. The van der Waals surface area contributed by atoms with Crippen LogP contribution in [0.4, 0.5) is 0 Å². The minimum Gasteiger partial charge on any atom is -0.396 e. The molecule has 1 aliphatic heterocycles. The van der Waals surface area contributed by atoms with Crippen LogP contribution in [-0.4, -0.2) is 31.5 Å². The molecule has 2 rings (SSSR count). The van der Waals surface area contributed by atoms with Gasteiger partial charge in [0.05, 0.1) is 6.61 Å². The van der Waals surface area contributed by atoms with Crippen LogP contribution in [0.5, 0.6) is 0 Å². The van der Waals surface area contributed by atoms with E-state index in [-0.39, 0.29) is 23.5 Å². The topological polar surface area (TPSA) is 41.5 Å². The van der Waals surface area contributed by atoms with Crippen molar-refractivity contribution in [3.05, 3.63) is 34.9 Å². The standard InChI is InChI=1S/C19H30ClNO2/c1-18(2,3)12-17(15-4-6-16(20)7-5-15)21-13-19(8-10-22)9-11-23-14-19/h4-7,17,21-22H,8-14H2,1-3H3. The van der Waals surface area contributed by atoms with E-state index in [4.69, 9.17) is 16.3 Å². The van der Waals surface area contributed by atoms with Crippen LogP contribution in [-0.2, 0) is 4.74 Å². The van der Waals surface area contributed by atoms with Crippen molar-refractivity contribution in [2.24, 2.45) is 10.8 Å². The molecule has 1 heterocycles. The second-order valence-electron chi connectivity index (χ2n) is 8.03. The van der Waals surface area contributed by atoms with E-state index in [9.17, 15) is 5.11 Å². The lowest BCUT2D eigenvalue weighted by Crippen LogP contribution is -2.38. The Hall–Kier alpha value is -0.610. The van der Waals surface area contributed by atoms with Crippen LogP contribution in [0.2, 0.25) is 5.02 Å². The zero-order valence-electron chi connectivity index (χ0n) is 14.6. The fraction of sp³-hybridized carbons (Fsp3) is 0.684. The molecule has 3 nitrogen and oxygen atoms in total. The Kier molecular flexibility index (Phi) is 6.49. The molecule has 23 heavy (non-hydrogen) atoms. The third-order valence-electron chi connectivity index (χ3n) is 4.64. The van der Waals surface area contributed by atoms with Gasteiger partial charge in [-0.1, -0.05) is 44.5 Å². The first-order chi connectivity index (χ1) is 10.8. The van der Waals surface area contributed by atoms with Gasteiger partial charge < -0.3 is 15.2 Å². The van der Waals surface area contributed by atoms with E-state index in [0.717, 1.165) is 44.0 Å². The fourth-order valence-electron chi connectivity index (χ4n) is 3.27. The van der Waals surface area contributed by atoms with Crippen molar-refractivity contribution in [3.63, 3.8) is 0 Å². The summed E-state index contributed by atoms with van der Waals surface area (Å²) in [5.74, 6) is 0. The molecule has 0 saturated carbocycles. The van der Waals surface area contributed by atoms with E-state index in [1.165, 1.54) is 5.56 Å². The van der Waals surface area contributed by atoms with Crippen LogP contribution < -0.4 is 5.32 Å². The molecule has 0 radical (unpaired) electrons. The average molecular weight is 340 g/mol. The number of halogens is 1. The summed E-state index contributed by atoms with van der Waals surface area (Å²) in [5.41, 5.74) is 1.56. The monoisotopic (exact) mass is 339 g/mol. The molecule has 1 fully saturated rings. The van der Waals surface area contributed by atoms with Gasteiger partial charge in [-0.25, -0.2) is 0 Å². The number of rotatable bonds is 7. The first-order valence-electron chi connectivity index (χ1n) is 8.51. The van der Waals surface area contributed by atoms with Gasteiger partial charge >= 0.3 is 0 Å². The maximum Gasteiger partial charge on any atom is 0.0536 e. The van der Waals surface area contributed by atoms with E-state index in [2.05, 4.69) is 38.2 Å². The second-order valence-corrected chi connectivity index (χ2v) is 8.46. The zero-order chi connectivity index (χ0) is 16.9. The van der Waals surface area contributed by atoms with Crippen molar-refractivity contribution in [2.75, 3.05) is 26.4 Å². The highest BCUT2D eigenvalue weighted by Crippen LogP contribution is 2.34.